The number of benzene rings is 1. The molecule has 1 saturated heterocycles. The van der Waals surface area contributed by atoms with Gasteiger partial charge in [0, 0.05) is 22.0 Å². The first-order valence-corrected chi connectivity index (χ1v) is 12.8. The lowest BCUT2D eigenvalue weighted by Crippen LogP contribution is -2.37. The molecule has 2 aliphatic rings. The molecule has 1 heterocycles. The Hall–Kier alpha value is -0.850. The molecule has 1 aromatic carbocycles. The van der Waals surface area contributed by atoms with Crippen LogP contribution in [0.4, 0.5) is 4.39 Å². The molecule has 3 N–H and O–H groups in total. The third kappa shape index (κ3) is 11.5. The van der Waals surface area contributed by atoms with Gasteiger partial charge in [0.15, 0.2) is 0 Å². The van der Waals surface area contributed by atoms with Crippen molar-refractivity contribution < 1.29 is 4.39 Å². The summed E-state index contributed by atoms with van der Waals surface area (Å²) in [7, 11) is 1.92. The van der Waals surface area contributed by atoms with Gasteiger partial charge in [0.05, 0.1) is 0 Å². The van der Waals surface area contributed by atoms with E-state index in [-0.39, 0.29) is 11.9 Å². The van der Waals surface area contributed by atoms with Crippen LogP contribution in [-0.2, 0) is 6.42 Å². The van der Waals surface area contributed by atoms with Gasteiger partial charge in [-0.15, -0.1) is 0 Å². The Labute approximate surface area is 198 Å². The lowest BCUT2D eigenvalue weighted by Gasteiger charge is -2.26. The van der Waals surface area contributed by atoms with E-state index in [4.69, 9.17) is 17.3 Å². The maximum absolute atomic E-state index is 13.5. The Balaban J connectivity index is 0.000000317. The van der Waals surface area contributed by atoms with Crippen molar-refractivity contribution in [3.8, 4) is 0 Å². The second-order valence-corrected chi connectivity index (χ2v) is 9.35. The maximum atomic E-state index is 13.5. The number of hydrogen-bond donors (Lipinski definition) is 2. The van der Waals surface area contributed by atoms with E-state index in [0.29, 0.717) is 12.5 Å². The van der Waals surface area contributed by atoms with Crippen molar-refractivity contribution in [3.63, 3.8) is 0 Å². The van der Waals surface area contributed by atoms with E-state index in [9.17, 15) is 4.39 Å². The quantitative estimate of drug-likeness (QED) is 0.439. The van der Waals surface area contributed by atoms with E-state index in [1.807, 2.05) is 39.1 Å². The molecule has 2 unspecified atom stereocenters. The van der Waals surface area contributed by atoms with E-state index in [0.717, 1.165) is 29.9 Å². The minimum Gasteiger partial charge on any atom is -0.327 e. The molecule has 6 heteroatoms. The van der Waals surface area contributed by atoms with Gasteiger partial charge in [0.1, 0.15) is 5.82 Å². The molecular formula is C25H41ClFN3S. The van der Waals surface area contributed by atoms with Crippen molar-refractivity contribution in [2.75, 3.05) is 20.1 Å². The predicted molar refractivity (Wildman–Crippen MR) is 137 cm³/mol. The van der Waals surface area contributed by atoms with Crippen LogP contribution >= 0.6 is 23.5 Å². The summed E-state index contributed by atoms with van der Waals surface area (Å²) in [4.78, 5) is 3.81. The highest BCUT2D eigenvalue weighted by atomic mass is 35.5. The molecule has 3 rings (SSSR count). The van der Waals surface area contributed by atoms with Gasteiger partial charge in [0.25, 0.3) is 0 Å². The van der Waals surface area contributed by atoms with Crippen molar-refractivity contribution in [1.29, 1.82) is 0 Å². The van der Waals surface area contributed by atoms with Crippen LogP contribution in [0.1, 0.15) is 64.9 Å². The summed E-state index contributed by atoms with van der Waals surface area (Å²) in [6.45, 7) is 8.60. The average molecular weight is 470 g/mol. The summed E-state index contributed by atoms with van der Waals surface area (Å²) >= 11 is 7.55. The topological polar surface area (TPSA) is 41.3 Å². The van der Waals surface area contributed by atoms with Gasteiger partial charge in [-0.2, -0.15) is 0 Å². The monoisotopic (exact) mass is 469 g/mol. The zero-order chi connectivity index (χ0) is 23.1. The Morgan fingerprint density at radius 2 is 1.87 bits per heavy atom. The first-order chi connectivity index (χ1) is 15.0. The minimum atomic E-state index is -0.137. The molecular weight excluding hydrogens is 429 g/mol. The van der Waals surface area contributed by atoms with Crippen molar-refractivity contribution in [2.45, 2.75) is 77.8 Å². The Bertz CT molecular complexity index is 670. The highest BCUT2D eigenvalue weighted by molar-refractivity contribution is 8.01. The summed E-state index contributed by atoms with van der Waals surface area (Å²) in [5.41, 5.74) is 6.88. The van der Waals surface area contributed by atoms with Crippen LogP contribution in [0, 0.1) is 5.82 Å². The number of nitrogens with one attached hydrogen (secondary N) is 1. The molecule has 0 amide bonds. The largest absolute Gasteiger partial charge is 0.327 e. The highest BCUT2D eigenvalue weighted by Crippen LogP contribution is 2.25. The molecule has 1 aromatic rings. The van der Waals surface area contributed by atoms with E-state index in [1.165, 1.54) is 43.3 Å². The molecule has 1 aliphatic carbocycles. The molecule has 176 valence electrons. The third-order valence-electron chi connectivity index (χ3n) is 5.35. The molecule has 3 nitrogen and oxygen atoms in total. The number of hydrogen-bond acceptors (Lipinski definition) is 4. The van der Waals surface area contributed by atoms with Crippen molar-refractivity contribution in [3.05, 3.63) is 57.7 Å². The lowest BCUT2D eigenvalue weighted by atomic mass is 10.00. The van der Waals surface area contributed by atoms with Gasteiger partial charge in [0.2, 0.25) is 0 Å². The Kier molecular flexibility index (Phi) is 15.2. The van der Waals surface area contributed by atoms with Crippen LogP contribution in [0.2, 0.25) is 0 Å². The Morgan fingerprint density at radius 1 is 1.19 bits per heavy atom. The predicted octanol–water partition coefficient (Wildman–Crippen LogP) is 6.64. The smallest absolute Gasteiger partial charge is 0.126 e. The van der Waals surface area contributed by atoms with Gasteiger partial charge in [-0.25, -0.2) is 4.39 Å². The van der Waals surface area contributed by atoms with E-state index >= 15 is 0 Å². The zero-order valence-electron chi connectivity index (χ0n) is 19.7. The third-order valence-corrected chi connectivity index (χ3v) is 6.40. The number of halogens is 2. The summed E-state index contributed by atoms with van der Waals surface area (Å²) in [5, 5.41) is 0.875. The SMILES string of the molecule is CC.CC(CC(N)Cc1ccccc1F)N1CCCC1.CNSC1=CC(Cl)=CCCC1. The molecule has 0 saturated carbocycles. The second-order valence-electron chi connectivity index (χ2n) is 7.78. The van der Waals surface area contributed by atoms with Gasteiger partial charge >= 0.3 is 0 Å². The first-order valence-electron chi connectivity index (χ1n) is 11.6. The fourth-order valence-corrected chi connectivity index (χ4v) is 4.81. The number of nitrogens with zero attached hydrogens (tertiary/aromatic N) is 1. The van der Waals surface area contributed by atoms with Crippen LogP contribution in [0.3, 0.4) is 0 Å². The van der Waals surface area contributed by atoms with E-state index in [1.54, 1.807) is 18.0 Å². The molecule has 1 aliphatic heterocycles. The maximum Gasteiger partial charge on any atom is 0.126 e. The molecule has 0 aromatic heterocycles. The molecule has 0 radical (unpaired) electrons. The van der Waals surface area contributed by atoms with Gasteiger partial charge in [-0.1, -0.05) is 49.7 Å². The van der Waals surface area contributed by atoms with Crippen molar-refractivity contribution >= 4 is 23.5 Å². The van der Waals surface area contributed by atoms with Crippen molar-refractivity contribution in [1.82, 2.24) is 9.62 Å². The summed E-state index contributed by atoms with van der Waals surface area (Å²) in [6, 6.07) is 7.47. The second kappa shape index (κ2) is 16.7. The van der Waals surface area contributed by atoms with E-state index in [2.05, 4.69) is 22.6 Å². The molecule has 31 heavy (non-hydrogen) atoms. The number of nitrogens with two attached hydrogens (primary N) is 1. The minimum absolute atomic E-state index is 0.0394. The number of likely N-dealkylation sites (tertiary alicyclic amines) is 1. The van der Waals surface area contributed by atoms with Gasteiger partial charge < -0.3 is 10.6 Å². The highest BCUT2D eigenvalue weighted by Gasteiger charge is 2.20. The summed E-state index contributed by atoms with van der Waals surface area (Å²) < 4.78 is 16.6. The lowest BCUT2D eigenvalue weighted by molar-refractivity contribution is 0.235. The molecule has 0 bridgehead atoms. The fraction of sp³-hybridized carbons (Fsp3) is 0.600. The summed E-state index contributed by atoms with van der Waals surface area (Å²) in [6.07, 6.45) is 11.7. The van der Waals surface area contributed by atoms with Crippen LogP contribution in [0.15, 0.2) is 46.4 Å². The van der Waals surface area contributed by atoms with Crippen molar-refractivity contribution in [2.24, 2.45) is 5.73 Å². The first kappa shape index (κ1) is 28.2. The summed E-state index contributed by atoms with van der Waals surface area (Å²) in [5.74, 6) is -0.137. The van der Waals surface area contributed by atoms with E-state index < -0.39 is 0 Å². The molecule has 0 spiro atoms. The number of rotatable bonds is 7. The number of allylic oxidation sites excluding steroid dienone is 4. The van der Waals surface area contributed by atoms with Crippen LogP contribution < -0.4 is 10.5 Å². The Morgan fingerprint density at radius 3 is 2.52 bits per heavy atom. The van der Waals surface area contributed by atoms with Crippen LogP contribution in [-0.4, -0.2) is 37.1 Å². The zero-order valence-corrected chi connectivity index (χ0v) is 21.2. The normalized spacial score (nSPS) is 18.4. The van der Waals surface area contributed by atoms with Crippen LogP contribution in [0.25, 0.3) is 0 Å². The molecule has 2 atom stereocenters. The average Bonchev–Trinajstić information content (AvgIpc) is 3.22. The van der Waals surface area contributed by atoms with Gasteiger partial charge in [-0.05, 0) is 102 Å². The fourth-order valence-electron chi connectivity index (χ4n) is 3.81. The standard InChI is InChI=1S/C15H23FN2.C8H12ClNS.C2H6/c1-12(18-8-4-5-9-18)10-14(17)11-13-6-2-3-7-15(13)16;1-10-11-8-5-3-2-4-7(9)6-8;1-2/h2-3,6-7,12,14H,4-5,8-11,17H2,1H3;4,6,10H,2-3,5H2,1H3;1-2H3. The van der Waals surface area contributed by atoms with Gasteiger partial charge in [-0.3, -0.25) is 4.72 Å². The van der Waals surface area contributed by atoms with Crippen LogP contribution in [0.5, 0.6) is 0 Å². The molecule has 1 fully saturated rings.